The van der Waals surface area contributed by atoms with Crippen LogP contribution in [0.25, 0.3) is 22.3 Å². The van der Waals surface area contributed by atoms with Crippen molar-refractivity contribution in [1.29, 1.82) is 0 Å². The van der Waals surface area contributed by atoms with Crippen LogP contribution in [-0.2, 0) is 12.8 Å². The molecule has 0 fully saturated rings. The van der Waals surface area contributed by atoms with E-state index in [-0.39, 0.29) is 11.5 Å². The van der Waals surface area contributed by atoms with Gasteiger partial charge in [-0.2, -0.15) is 0 Å². The van der Waals surface area contributed by atoms with E-state index < -0.39 is 12.7 Å². The minimum atomic E-state index is -4.70. The molecule has 0 atom stereocenters. The SMILES string of the molecule is Cc1cc(-c2ccc(CCCCCCCCCc3ccc(-c4ccc(OC(F)(F)F)c(C)c4)cc3)cc2)ccc1OC(F)(F)F. The van der Waals surface area contributed by atoms with Crippen molar-refractivity contribution in [3.63, 3.8) is 0 Å². The summed E-state index contributed by atoms with van der Waals surface area (Å²) >= 11 is 0. The molecule has 0 unspecified atom stereocenters. The van der Waals surface area contributed by atoms with Crippen LogP contribution in [0.5, 0.6) is 11.5 Å². The Morgan fingerprint density at radius 3 is 1.04 bits per heavy atom. The number of alkyl halides is 6. The molecule has 4 aromatic carbocycles. The highest BCUT2D eigenvalue weighted by atomic mass is 19.4. The van der Waals surface area contributed by atoms with Crippen molar-refractivity contribution in [2.75, 3.05) is 0 Å². The lowest BCUT2D eigenvalue weighted by Crippen LogP contribution is -2.17. The van der Waals surface area contributed by atoms with Crippen LogP contribution in [0.3, 0.4) is 0 Å². The molecule has 0 aliphatic heterocycles. The van der Waals surface area contributed by atoms with Gasteiger partial charge in [0.1, 0.15) is 11.5 Å². The Labute approximate surface area is 261 Å². The number of hydrogen-bond acceptors (Lipinski definition) is 2. The van der Waals surface area contributed by atoms with Gasteiger partial charge in [-0.05, 0) is 108 Å². The minimum absolute atomic E-state index is 0.182. The van der Waals surface area contributed by atoms with Gasteiger partial charge in [-0.1, -0.05) is 92.8 Å². The molecular formula is C37H38F6O2. The first-order chi connectivity index (χ1) is 21.4. The fourth-order valence-electron chi connectivity index (χ4n) is 5.41. The molecule has 0 aliphatic rings. The second kappa shape index (κ2) is 15.4. The van der Waals surface area contributed by atoms with Crippen LogP contribution in [-0.4, -0.2) is 12.7 Å². The summed E-state index contributed by atoms with van der Waals surface area (Å²) in [6.45, 7) is 3.21. The summed E-state index contributed by atoms with van der Waals surface area (Å²) in [6, 6.07) is 25.8. The number of unbranched alkanes of at least 4 members (excludes halogenated alkanes) is 6. The van der Waals surface area contributed by atoms with Crippen molar-refractivity contribution < 1.29 is 35.8 Å². The van der Waals surface area contributed by atoms with Gasteiger partial charge in [0.05, 0.1) is 0 Å². The van der Waals surface area contributed by atoms with Gasteiger partial charge in [-0.3, -0.25) is 0 Å². The number of ether oxygens (including phenoxy) is 2. The third-order valence-corrected chi connectivity index (χ3v) is 7.81. The van der Waals surface area contributed by atoms with Gasteiger partial charge in [0.2, 0.25) is 0 Å². The Morgan fingerprint density at radius 2 is 0.733 bits per heavy atom. The van der Waals surface area contributed by atoms with Crippen LogP contribution in [0.15, 0.2) is 84.9 Å². The molecule has 8 heteroatoms. The third kappa shape index (κ3) is 11.2. The second-order valence-electron chi connectivity index (χ2n) is 11.4. The number of aryl methyl sites for hydroxylation is 4. The molecule has 45 heavy (non-hydrogen) atoms. The zero-order valence-electron chi connectivity index (χ0n) is 25.5. The summed E-state index contributed by atoms with van der Waals surface area (Å²) in [5, 5.41) is 0. The first kappa shape index (κ1) is 33.9. The molecule has 0 aromatic heterocycles. The normalized spacial score (nSPS) is 11.9. The van der Waals surface area contributed by atoms with Gasteiger partial charge in [0.25, 0.3) is 0 Å². The monoisotopic (exact) mass is 628 g/mol. The van der Waals surface area contributed by atoms with Crippen LogP contribution in [0.2, 0.25) is 0 Å². The van der Waals surface area contributed by atoms with Crippen LogP contribution in [0, 0.1) is 13.8 Å². The molecule has 0 N–H and O–H groups in total. The van der Waals surface area contributed by atoms with E-state index in [0.717, 1.165) is 47.9 Å². The number of rotatable bonds is 14. The smallest absolute Gasteiger partial charge is 0.406 e. The number of hydrogen-bond donors (Lipinski definition) is 0. The topological polar surface area (TPSA) is 18.5 Å². The highest BCUT2D eigenvalue weighted by Gasteiger charge is 2.32. The van der Waals surface area contributed by atoms with Crippen molar-refractivity contribution in [2.45, 2.75) is 84.4 Å². The summed E-state index contributed by atoms with van der Waals surface area (Å²) in [6.07, 6.45) is 0.778. The lowest BCUT2D eigenvalue weighted by atomic mass is 9.99. The van der Waals surface area contributed by atoms with E-state index in [1.165, 1.54) is 55.4 Å². The molecule has 0 saturated heterocycles. The third-order valence-electron chi connectivity index (χ3n) is 7.81. The van der Waals surface area contributed by atoms with Gasteiger partial charge in [-0.15, -0.1) is 26.3 Å². The Bertz CT molecular complexity index is 1390. The van der Waals surface area contributed by atoms with Gasteiger partial charge in [0, 0.05) is 0 Å². The van der Waals surface area contributed by atoms with Gasteiger partial charge >= 0.3 is 12.7 Å². The summed E-state index contributed by atoms with van der Waals surface area (Å²) in [5.74, 6) is -0.363. The summed E-state index contributed by atoms with van der Waals surface area (Å²) < 4.78 is 83.2. The Kier molecular flexibility index (Phi) is 11.6. The second-order valence-corrected chi connectivity index (χ2v) is 11.4. The van der Waals surface area contributed by atoms with Crippen LogP contribution in [0.4, 0.5) is 26.3 Å². The largest absolute Gasteiger partial charge is 0.573 e. The van der Waals surface area contributed by atoms with E-state index in [1.807, 2.05) is 24.3 Å². The van der Waals surface area contributed by atoms with E-state index in [1.54, 1.807) is 38.1 Å². The highest BCUT2D eigenvalue weighted by Crippen LogP contribution is 2.32. The quantitative estimate of drug-likeness (QED) is 0.102. The Balaban J connectivity index is 1.09. The first-order valence-corrected chi connectivity index (χ1v) is 15.3. The molecule has 240 valence electrons. The van der Waals surface area contributed by atoms with Gasteiger partial charge < -0.3 is 9.47 Å². The van der Waals surface area contributed by atoms with Crippen LogP contribution in [0.1, 0.15) is 67.2 Å². The summed E-state index contributed by atoms with van der Waals surface area (Å²) in [4.78, 5) is 0. The average molecular weight is 629 g/mol. The van der Waals surface area contributed by atoms with Crippen molar-refractivity contribution >= 4 is 0 Å². The van der Waals surface area contributed by atoms with Crippen LogP contribution < -0.4 is 9.47 Å². The standard InChI is InChI=1S/C37H38F6O2/c1-26-24-32(20-22-34(26)44-36(38,39)40)30-16-12-28(13-17-30)10-8-6-4-3-5-7-9-11-29-14-18-31(19-15-29)33-21-23-35(27(2)25-33)45-37(41,42)43/h12-25H,3-11H2,1-2H3. The molecule has 0 spiro atoms. The molecule has 0 saturated carbocycles. The van der Waals surface area contributed by atoms with E-state index in [2.05, 4.69) is 33.7 Å². The fraction of sp³-hybridized carbons (Fsp3) is 0.351. The van der Waals surface area contributed by atoms with Crippen molar-refractivity contribution in [3.05, 3.63) is 107 Å². The molecule has 4 aromatic rings. The van der Waals surface area contributed by atoms with Gasteiger partial charge in [-0.25, -0.2) is 0 Å². The van der Waals surface area contributed by atoms with E-state index in [9.17, 15) is 26.3 Å². The van der Waals surface area contributed by atoms with E-state index in [4.69, 9.17) is 0 Å². The molecule has 0 aliphatic carbocycles. The maximum Gasteiger partial charge on any atom is 0.573 e. The summed E-state index contributed by atoms with van der Waals surface area (Å²) in [5.41, 5.74) is 7.00. The molecule has 0 heterocycles. The van der Waals surface area contributed by atoms with Crippen molar-refractivity contribution in [1.82, 2.24) is 0 Å². The van der Waals surface area contributed by atoms with E-state index >= 15 is 0 Å². The van der Waals surface area contributed by atoms with Gasteiger partial charge in [0.15, 0.2) is 0 Å². The van der Waals surface area contributed by atoms with E-state index in [0.29, 0.717) is 11.1 Å². The molecule has 0 amide bonds. The molecule has 0 bridgehead atoms. The maximum absolute atomic E-state index is 12.5. The Hall–Kier alpha value is -3.94. The zero-order valence-corrected chi connectivity index (χ0v) is 25.5. The number of halogens is 6. The lowest BCUT2D eigenvalue weighted by Gasteiger charge is -2.12. The van der Waals surface area contributed by atoms with Crippen LogP contribution >= 0.6 is 0 Å². The molecule has 0 radical (unpaired) electrons. The number of benzene rings is 4. The van der Waals surface area contributed by atoms with Crippen molar-refractivity contribution in [3.8, 4) is 33.8 Å². The maximum atomic E-state index is 12.5. The Morgan fingerprint density at radius 1 is 0.422 bits per heavy atom. The fourth-order valence-corrected chi connectivity index (χ4v) is 5.41. The summed E-state index contributed by atoms with van der Waals surface area (Å²) in [7, 11) is 0. The lowest BCUT2D eigenvalue weighted by molar-refractivity contribution is -0.275. The predicted octanol–water partition coefficient (Wildman–Crippen LogP) is 12.0. The first-order valence-electron chi connectivity index (χ1n) is 15.3. The van der Waals surface area contributed by atoms with Crippen molar-refractivity contribution in [2.24, 2.45) is 0 Å². The highest BCUT2D eigenvalue weighted by molar-refractivity contribution is 5.67. The molecular weight excluding hydrogens is 590 g/mol. The predicted molar refractivity (Wildman–Crippen MR) is 166 cm³/mol. The minimum Gasteiger partial charge on any atom is -0.406 e. The molecule has 4 rings (SSSR count). The zero-order chi connectivity index (χ0) is 32.5. The average Bonchev–Trinajstić information content (AvgIpc) is 2.98. The molecule has 2 nitrogen and oxygen atoms in total.